The van der Waals surface area contributed by atoms with Crippen molar-refractivity contribution in [2.24, 2.45) is 0 Å². The Bertz CT molecular complexity index is 1010. The molecule has 0 bridgehead atoms. The number of anilines is 3. The van der Waals surface area contributed by atoms with Gasteiger partial charge in [0.25, 0.3) is 0 Å². The van der Waals surface area contributed by atoms with Crippen LogP contribution in [0.1, 0.15) is 6.92 Å². The zero-order valence-corrected chi connectivity index (χ0v) is 18.5. The summed E-state index contributed by atoms with van der Waals surface area (Å²) in [6, 6.07) is 10.5. The van der Waals surface area contributed by atoms with Crippen molar-refractivity contribution in [3.63, 3.8) is 0 Å². The van der Waals surface area contributed by atoms with Gasteiger partial charge < -0.3 is 25.0 Å². The Morgan fingerprint density at radius 1 is 1.06 bits per heavy atom. The highest BCUT2D eigenvalue weighted by Gasteiger charge is 2.19. The molecule has 0 atom stereocenters. The number of nitrogens with zero attached hydrogens (tertiary/aromatic N) is 4. The van der Waals surface area contributed by atoms with E-state index in [0.29, 0.717) is 42.8 Å². The molecule has 1 aliphatic heterocycles. The van der Waals surface area contributed by atoms with E-state index in [1.54, 1.807) is 30.7 Å². The fraction of sp³-hybridized carbons (Fsp3) is 0.273. The van der Waals surface area contributed by atoms with E-state index < -0.39 is 0 Å². The summed E-state index contributed by atoms with van der Waals surface area (Å²) in [5.41, 5.74) is 2.18. The van der Waals surface area contributed by atoms with E-state index in [1.807, 2.05) is 31.2 Å². The first-order chi connectivity index (χ1) is 15.2. The largest absolute Gasteiger partial charge is 0.488 e. The summed E-state index contributed by atoms with van der Waals surface area (Å²) in [6.07, 6.45) is 4.95. The number of urea groups is 1. The van der Waals surface area contributed by atoms with Crippen LogP contribution >= 0.6 is 12.4 Å². The van der Waals surface area contributed by atoms with Crippen LogP contribution in [0.5, 0.6) is 5.75 Å². The zero-order chi connectivity index (χ0) is 21.5. The number of pyridine rings is 1. The highest BCUT2D eigenvalue weighted by Crippen LogP contribution is 2.29. The van der Waals surface area contributed by atoms with Crippen LogP contribution < -0.4 is 20.3 Å². The van der Waals surface area contributed by atoms with E-state index >= 15 is 0 Å². The lowest BCUT2D eigenvalue weighted by atomic mass is 10.2. The van der Waals surface area contributed by atoms with Crippen LogP contribution in [0.4, 0.5) is 22.0 Å². The van der Waals surface area contributed by atoms with E-state index in [0.717, 1.165) is 24.5 Å². The molecule has 1 aromatic carbocycles. The normalized spacial score (nSPS) is 13.1. The molecule has 2 aromatic heterocycles. The number of hydrogen-bond donors (Lipinski definition) is 2. The van der Waals surface area contributed by atoms with Crippen LogP contribution in [0.15, 0.2) is 55.0 Å². The van der Waals surface area contributed by atoms with Gasteiger partial charge in [-0.05, 0) is 43.3 Å². The molecule has 4 rings (SSSR count). The molecule has 1 fully saturated rings. The van der Waals surface area contributed by atoms with Crippen molar-refractivity contribution in [2.45, 2.75) is 6.92 Å². The minimum atomic E-state index is -0.328. The third kappa shape index (κ3) is 5.83. The van der Waals surface area contributed by atoms with E-state index in [-0.39, 0.29) is 18.4 Å². The van der Waals surface area contributed by atoms with Crippen LogP contribution in [-0.4, -0.2) is 53.9 Å². The van der Waals surface area contributed by atoms with Crippen molar-refractivity contribution >= 4 is 35.6 Å². The van der Waals surface area contributed by atoms with E-state index in [2.05, 4.69) is 25.5 Å². The molecule has 0 radical (unpaired) electrons. The first-order valence-electron chi connectivity index (χ1n) is 10.1. The van der Waals surface area contributed by atoms with Crippen LogP contribution in [0.25, 0.3) is 11.4 Å². The quantitative estimate of drug-likeness (QED) is 0.581. The van der Waals surface area contributed by atoms with Crippen molar-refractivity contribution in [3.8, 4) is 17.1 Å². The molecule has 0 unspecified atom stereocenters. The van der Waals surface area contributed by atoms with Gasteiger partial charge in [0.2, 0.25) is 0 Å². The van der Waals surface area contributed by atoms with Crippen LogP contribution in [0.3, 0.4) is 0 Å². The van der Waals surface area contributed by atoms with Crippen LogP contribution in [0, 0.1) is 0 Å². The Hall–Kier alpha value is -3.43. The van der Waals surface area contributed by atoms with Crippen molar-refractivity contribution in [2.75, 3.05) is 48.4 Å². The maximum atomic E-state index is 12.2. The first kappa shape index (κ1) is 23.2. The number of nitrogens with one attached hydrogen (secondary N) is 2. The van der Waals surface area contributed by atoms with Crippen LogP contribution in [0.2, 0.25) is 0 Å². The van der Waals surface area contributed by atoms with Gasteiger partial charge in [0.1, 0.15) is 0 Å². The second-order valence-electron chi connectivity index (χ2n) is 6.81. The summed E-state index contributed by atoms with van der Waals surface area (Å²) < 4.78 is 11.2. The Balaban J connectivity index is 0.00000289. The summed E-state index contributed by atoms with van der Waals surface area (Å²) in [5.74, 6) is 2.03. The molecule has 2 amide bonds. The highest BCUT2D eigenvalue weighted by molar-refractivity contribution is 5.99. The number of halogens is 1. The van der Waals surface area contributed by atoms with Gasteiger partial charge in [0.05, 0.1) is 26.0 Å². The second kappa shape index (κ2) is 11.3. The smallest absolute Gasteiger partial charge is 0.323 e. The number of carbonyl (C=O) groups excluding carboxylic acids is 1. The van der Waals surface area contributed by atoms with Gasteiger partial charge in [-0.3, -0.25) is 4.98 Å². The fourth-order valence-electron chi connectivity index (χ4n) is 3.19. The van der Waals surface area contributed by atoms with Crippen molar-refractivity contribution in [3.05, 3.63) is 55.0 Å². The standard InChI is InChI=1S/C22H24N6O3.ClH/c1-2-31-19-15-24-20(27-21(19)28-11-13-30-14-12-28)16-3-5-17(6-4-16)25-22(29)26-18-7-9-23-10-8-18;/h3-10,15H,2,11-14H2,1H3,(H2,23,25,26,29);1H. The van der Waals surface area contributed by atoms with Gasteiger partial charge in [-0.15, -0.1) is 12.4 Å². The molecule has 0 aliphatic carbocycles. The molecule has 1 aliphatic rings. The topological polar surface area (TPSA) is 102 Å². The lowest BCUT2D eigenvalue weighted by Gasteiger charge is -2.29. The summed E-state index contributed by atoms with van der Waals surface area (Å²) in [5, 5.41) is 5.56. The van der Waals surface area contributed by atoms with E-state index in [4.69, 9.17) is 14.5 Å². The van der Waals surface area contributed by atoms with E-state index in [1.165, 1.54) is 0 Å². The lowest BCUT2D eigenvalue weighted by molar-refractivity contribution is 0.122. The Morgan fingerprint density at radius 2 is 1.72 bits per heavy atom. The molecule has 168 valence electrons. The third-order valence-electron chi connectivity index (χ3n) is 4.69. The summed E-state index contributed by atoms with van der Waals surface area (Å²) in [6.45, 7) is 5.31. The Labute approximate surface area is 192 Å². The summed E-state index contributed by atoms with van der Waals surface area (Å²) >= 11 is 0. The number of amides is 2. The van der Waals surface area contributed by atoms with Gasteiger partial charge in [-0.2, -0.15) is 0 Å². The number of ether oxygens (including phenoxy) is 2. The number of benzene rings is 1. The molecule has 32 heavy (non-hydrogen) atoms. The number of rotatable bonds is 6. The maximum absolute atomic E-state index is 12.2. The van der Waals surface area contributed by atoms with Crippen molar-refractivity contribution < 1.29 is 14.3 Å². The maximum Gasteiger partial charge on any atom is 0.323 e. The molecule has 10 heteroatoms. The fourth-order valence-corrected chi connectivity index (χ4v) is 3.19. The van der Waals surface area contributed by atoms with Gasteiger partial charge in [-0.25, -0.2) is 14.8 Å². The monoisotopic (exact) mass is 456 g/mol. The molecule has 0 spiro atoms. The zero-order valence-electron chi connectivity index (χ0n) is 17.7. The number of carbonyl (C=O) groups is 1. The van der Waals surface area contributed by atoms with Gasteiger partial charge in [0, 0.05) is 42.4 Å². The number of aromatic nitrogens is 3. The van der Waals surface area contributed by atoms with Gasteiger partial charge in [0.15, 0.2) is 17.4 Å². The minimum Gasteiger partial charge on any atom is -0.488 e. The molecular weight excluding hydrogens is 432 g/mol. The molecular formula is C22H25ClN6O3. The molecule has 3 aromatic rings. The SMILES string of the molecule is CCOc1cnc(-c2ccc(NC(=O)Nc3ccncc3)cc2)nc1N1CCOCC1.Cl. The predicted octanol–water partition coefficient (Wildman–Crippen LogP) is 3.84. The average Bonchev–Trinajstić information content (AvgIpc) is 2.81. The molecule has 9 nitrogen and oxygen atoms in total. The average molecular weight is 457 g/mol. The van der Waals surface area contributed by atoms with Crippen molar-refractivity contribution in [1.29, 1.82) is 0 Å². The van der Waals surface area contributed by atoms with E-state index in [9.17, 15) is 4.79 Å². The molecule has 1 saturated heterocycles. The van der Waals surface area contributed by atoms with Gasteiger partial charge >= 0.3 is 6.03 Å². The predicted molar refractivity (Wildman–Crippen MR) is 126 cm³/mol. The molecule has 0 saturated carbocycles. The van der Waals surface area contributed by atoms with Crippen molar-refractivity contribution in [1.82, 2.24) is 15.0 Å². The van der Waals surface area contributed by atoms with Gasteiger partial charge in [-0.1, -0.05) is 0 Å². The summed E-state index contributed by atoms with van der Waals surface area (Å²) in [4.78, 5) is 27.5. The van der Waals surface area contributed by atoms with Crippen LogP contribution in [-0.2, 0) is 4.74 Å². The Kier molecular flexibility index (Phi) is 8.18. The molecule has 2 N–H and O–H groups in total. The second-order valence-corrected chi connectivity index (χ2v) is 6.81. The highest BCUT2D eigenvalue weighted by atomic mass is 35.5. The minimum absolute atomic E-state index is 0. The summed E-state index contributed by atoms with van der Waals surface area (Å²) in [7, 11) is 0. The Morgan fingerprint density at radius 3 is 2.38 bits per heavy atom. The lowest BCUT2D eigenvalue weighted by Crippen LogP contribution is -2.37. The molecule has 3 heterocycles. The number of morpholine rings is 1. The first-order valence-corrected chi connectivity index (χ1v) is 10.1. The third-order valence-corrected chi connectivity index (χ3v) is 4.69. The number of hydrogen-bond acceptors (Lipinski definition) is 7.